The molecule has 114 valence electrons. The van der Waals surface area contributed by atoms with Gasteiger partial charge in [-0.2, -0.15) is 0 Å². The van der Waals surface area contributed by atoms with Crippen LogP contribution in [0.25, 0.3) is 0 Å². The van der Waals surface area contributed by atoms with Crippen LogP contribution in [0.1, 0.15) is 60.8 Å². The van der Waals surface area contributed by atoms with E-state index in [4.69, 9.17) is 9.47 Å². The lowest BCUT2D eigenvalue weighted by Crippen LogP contribution is -2.45. The second-order valence-corrected chi connectivity index (χ2v) is 8.13. The highest BCUT2D eigenvalue weighted by Gasteiger charge is 2.58. The fourth-order valence-electron chi connectivity index (χ4n) is 4.77. The summed E-state index contributed by atoms with van der Waals surface area (Å²) in [6.07, 6.45) is 6.43. The van der Waals surface area contributed by atoms with Gasteiger partial charge in [-0.3, -0.25) is 0 Å². The molecule has 0 aromatic rings. The van der Waals surface area contributed by atoms with E-state index < -0.39 is 5.79 Å². The lowest BCUT2D eigenvalue weighted by atomic mass is 9.77. The van der Waals surface area contributed by atoms with Crippen molar-refractivity contribution in [1.29, 1.82) is 0 Å². The van der Waals surface area contributed by atoms with Crippen molar-refractivity contribution >= 4 is 0 Å². The molecule has 0 amide bonds. The van der Waals surface area contributed by atoms with E-state index in [2.05, 4.69) is 47.6 Å². The van der Waals surface area contributed by atoms with Crippen LogP contribution in [-0.2, 0) is 9.47 Å². The van der Waals surface area contributed by atoms with E-state index >= 15 is 0 Å². The van der Waals surface area contributed by atoms with Crippen molar-refractivity contribution in [3.63, 3.8) is 0 Å². The van der Waals surface area contributed by atoms with Crippen LogP contribution in [0.4, 0.5) is 0 Å². The normalized spacial score (nSPS) is 46.9. The molecule has 0 bridgehead atoms. The summed E-state index contributed by atoms with van der Waals surface area (Å²) in [5.41, 5.74) is 1.45. The molecule has 2 nitrogen and oxygen atoms in total. The molecule has 2 aliphatic carbocycles. The molecule has 1 heterocycles. The second kappa shape index (κ2) is 4.58. The van der Waals surface area contributed by atoms with Gasteiger partial charge in [0.25, 0.3) is 0 Å². The maximum atomic E-state index is 6.45. The SMILES string of the molecule is CC(C)C1=C[C@H]2[C@@H](C)CC[C@@H]2[C@@]2(C)OC(C)(C)OC2C1. The Morgan fingerprint density at radius 1 is 1.20 bits per heavy atom. The van der Waals surface area contributed by atoms with E-state index in [-0.39, 0.29) is 11.7 Å². The first-order valence-electron chi connectivity index (χ1n) is 8.31. The Kier molecular flexibility index (Phi) is 3.34. The monoisotopic (exact) mass is 278 g/mol. The van der Waals surface area contributed by atoms with Crippen LogP contribution in [0.15, 0.2) is 11.6 Å². The third kappa shape index (κ3) is 2.16. The number of allylic oxidation sites excluding steroid dienone is 1. The summed E-state index contributed by atoms with van der Waals surface area (Å²) in [7, 11) is 0. The van der Waals surface area contributed by atoms with Gasteiger partial charge in [0, 0.05) is 0 Å². The van der Waals surface area contributed by atoms with Crippen molar-refractivity contribution in [3.05, 3.63) is 11.6 Å². The summed E-state index contributed by atoms with van der Waals surface area (Å²) in [5.74, 6) is 2.23. The van der Waals surface area contributed by atoms with Gasteiger partial charge in [0.15, 0.2) is 5.79 Å². The molecule has 3 aliphatic rings. The van der Waals surface area contributed by atoms with Gasteiger partial charge in [0.1, 0.15) is 0 Å². The first-order chi connectivity index (χ1) is 9.23. The smallest absolute Gasteiger partial charge is 0.164 e. The summed E-state index contributed by atoms with van der Waals surface area (Å²) in [5, 5.41) is 0. The Morgan fingerprint density at radius 3 is 2.55 bits per heavy atom. The average Bonchev–Trinajstić information content (AvgIpc) is 2.74. The maximum absolute atomic E-state index is 6.45. The fourth-order valence-corrected chi connectivity index (χ4v) is 4.77. The molecule has 3 rings (SSSR count). The highest BCUT2D eigenvalue weighted by molar-refractivity contribution is 5.20. The van der Waals surface area contributed by atoms with Crippen LogP contribution in [0.3, 0.4) is 0 Å². The lowest BCUT2D eigenvalue weighted by Gasteiger charge is -2.36. The van der Waals surface area contributed by atoms with Gasteiger partial charge in [0.2, 0.25) is 0 Å². The molecule has 1 unspecified atom stereocenters. The van der Waals surface area contributed by atoms with Crippen molar-refractivity contribution in [2.75, 3.05) is 0 Å². The van der Waals surface area contributed by atoms with Crippen molar-refractivity contribution < 1.29 is 9.47 Å². The molecule has 0 radical (unpaired) electrons. The standard InChI is InChI=1S/C18H30O2/c1-11(2)13-9-14-12(3)7-8-15(14)18(6)16(10-13)19-17(4,5)20-18/h9,11-12,14-16H,7-8,10H2,1-6H3/t12-,14-,15-,16?,18+/m0/s1. The molecule has 1 saturated carbocycles. The van der Waals surface area contributed by atoms with Crippen molar-refractivity contribution in [2.24, 2.45) is 23.7 Å². The maximum Gasteiger partial charge on any atom is 0.164 e. The summed E-state index contributed by atoms with van der Waals surface area (Å²) in [6.45, 7) is 13.5. The second-order valence-electron chi connectivity index (χ2n) is 8.13. The number of hydrogen-bond donors (Lipinski definition) is 0. The predicted molar refractivity (Wildman–Crippen MR) is 81.4 cm³/mol. The van der Waals surface area contributed by atoms with Gasteiger partial charge in [-0.05, 0) is 63.7 Å². The molecule has 1 saturated heterocycles. The zero-order chi connectivity index (χ0) is 14.7. The van der Waals surface area contributed by atoms with Gasteiger partial charge in [-0.25, -0.2) is 0 Å². The number of ether oxygens (including phenoxy) is 2. The molecule has 0 spiro atoms. The molecule has 0 aromatic heterocycles. The van der Waals surface area contributed by atoms with Crippen molar-refractivity contribution in [3.8, 4) is 0 Å². The molecular formula is C18H30O2. The summed E-state index contributed by atoms with van der Waals surface area (Å²) >= 11 is 0. The largest absolute Gasteiger partial charge is 0.344 e. The van der Waals surface area contributed by atoms with Crippen LogP contribution in [0.5, 0.6) is 0 Å². The van der Waals surface area contributed by atoms with E-state index in [0.717, 1.165) is 12.3 Å². The van der Waals surface area contributed by atoms with E-state index in [9.17, 15) is 0 Å². The number of hydrogen-bond acceptors (Lipinski definition) is 2. The van der Waals surface area contributed by atoms with Gasteiger partial charge < -0.3 is 9.47 Å². The van der Waals surface area contributed by atoms with E-state index in [0.29, 0.717) is 17.8 Å². The Labute approximate surface area is 123 Å². The van der Waals surface area contributed by atoms with Crippen LogP contribution >= 0.6 is 0 Å². The molecule has 1 aliphatic heterocycles. The minimum atomic E-state index is -0.435. The minimum absolute atomic E-state index is 0.119. The van der Waals surface area contributed by atoms with E-state index in [1.54, 1.807) is 5.57 Å². The topological polar surface area (TPSA) is 18.5 Å². The Morgan fingerprint density at radius 2 is 1.90 bits per heavy atom. The van der Waals surface area contributed by atoms with Crippen LogP contribution in [-0.4, -0.2) is 17.5 Å². The van der Waals surface area contributed by atoms with Crippen molar-refractivity contribution in [1.82, 2.24) is 0 Å². The van der Waals surface area contributed by atoms with Crippen LogP contribution in [0, 0.1) is 23.7 Å². The quantitative estimate of drug-likeness (QED) is 0.655. The highest BCUT2D eigenvalue weighted by atomic mass is 16.8. The van der Waals surface area contributed by atoms with Gasteiger partial charge in [0.05, 0.1) is 11.7 Å². The molecule has 20 heavy (non-hydrogen) atoms. The molecule has 0 aromatic carbocycles. The van der Waals surface area contributed by atoms with Gasteiger partial charge in [-0.1, -0.05) is 32.4 Å². The van der Waals surface area contributed by atoms with Crippen LogP contribution in [0.2, 0.25) is 0 Å². The molecule has 2 fully saturated rings. The summed E-state index contributed by atoms with van der Waals surface area (Å²) in [4.78, 5) is 0. The zero-order valence-corrected chi connectivity index (χ0v) is 13.9. The first-order valence-corrected chi connectivity index (χ1v) is 8.31. The van der Waals surface area contributed by atoms with E-state index in [1.165, 1.54) is 12.8 Å². The average molecular weight is 278 g/mol. The Hall–Kier alpha value is -0.340. The zero-order valence-electron chi connectivity index (χ0n) is 13.9. The molecular weight excluding hydrogens is 248 g/mol. The third-order valence-corrected chi connectivity index (χ3v) is 5.89. The van der Waals surface area contributed by atoms with Crippen molar-refractivity contribution in [2.45, 2.75) is 78.3 Å². The van der Waals surface area contributed by atoms with E-state index in [1.807, 2.05) is 0 Å². The number of fused-ring (bicyclic) bond motifs is 3. The summed E-state index contributed by atoms with van der Waals surface area (Å²) < 4.78 is 12.8. The molecule has 0 N–H and O–H groups in total. The van der Waals surface area contributed by atoms with Gasteiger partial charge >= 0.3 is 0 Å². The Balaban J connectivity index is 2.01. The third-order valence-electron chi connectivity index (χ3n) is 5.89. The lowest BCUT2D eigenvalue weighted by molar-refractivity contribution is -0.171. The molecule has 2 heteroatoms. The molecule has 5 atom stereocenters. The first kappa shape index (κ1) is 14.6. The van der Waals surface area contributed by atoms with Gasteiger partial charge in [-0.15, -0.1) is 0 Å². The minimum Gasteiger partial charge on any atom is -0.344 e. The highest BCUT2D eigenvalue weighted by Crippen LogP contribution is 2.55. The fraction of sp³-hybridized carbons (Fsp3) is 0.889. The summed E-state index contributed by atoms with van der Waals surface area (Å²) in [6, 6.07) is 0. The Bertz CT molecular complexity index is 423. The predicted octanol–water partition coefficient (Wildman–Crippen LogP) is 4.55. The van der Waals surface area contributed by atoms with Crippen LogP contribution < -0.4 is 0 Å². The number of rotatable bonds is 1.